The van der Waals surface area contributed by atoms with Crippen LogP contribution in [0.2, 0.25) is 0 Å². The van der Waals surface area contributed by atoms with Crippen LogP contribution < -0.4 is 14.3 Å². The van der Waals surface area contributed by atoms with Gasteiger partial charge in [-0.05, 0) is 115 Å². The molecule has 2 aromatic heterocycles. The number of nitrogens with zero attached hydrogens (tertiary/aromatic N) is 5. The standard InChI is InChI=1S/C29H35FN4O7S.C29H37FN2O7S/c1-3-26(35)28-24-18-23(20-4-5-20)25(19-27(24)41-29(28)21-6-8-22(30)9-7-21)34(42(2,36)37)11-13-39-15-17-40-16-14-38-12-10-32-33-31;1-3-26(33)28-24-18-23(20-4-5-20)25(19-27(24)39-29(28)21-6-8-22(30)9-7-21)32(40(2,34)35)11-13-37-15-17-38-16-14-36-12-10-31/h6-9,18-20H,3-5,10-17H2,1-2H3;6-9,18-20H,3-5,10-17,31H2,1-2H3. The molecule has 0 saturated heterocycles. The molecule has 0 amide bonds. The number of carbonyl (C=O) groups excluding carboxylic acids is 2. The highest BCUT2D eigenvalue weighted by Crippen LogP contribution is 2.50. The molecule has 4 aromatic carbocycles. The van der Waals surface area contributed by atoms with E-state index in [1.54, 1.807) is 50.2 Å². The van der Waals surface area contributed by atoms with E-state index in [9.17, 15) is 35.2 Å². The third-order valence-electron chi connectivity index (χ3n) is 13.5. The number of Topliss-reactive ketones (excluding diaryl/α,β-unsaturated/α-hetero) is 2. The predicted molar refractivity (Wildman–Crippen MR) is 309 cm³/mol. The molecule has 0 aliphatic heterocycles. The first-order valence-corrected chi connectivity index (χ1v) is 31.1. The summed E-state index contributed by atoms with van der Waals surface area (Å²) in [7, 11) is -7.35. The number of furan rings is 2. The Labute approximate surface area is 476 Å². The van der Waals surface area contributed by atoms with Crippen LogP contribution in [0.15, 0.2) is 86.7 Å². The molecule has 2 heterocycles. The zero-order chi connectivity index (χ0) is 58.8. The molecular weight excluding hydrogens is 1110 g/mol. The van der Waals surface area contributed by atoms with Crippen LogP contribution in [0.25, 0.3) is 55.0 Å². The Hall–Kier alpha value is -6.31. The molecule has 2 N–H and O–H groups in total. The van der Waals surface area contributed by atoms with E-state index in [2.05, 4.69) is 10.0 Å². The number of sulfonamides is 2. The van der Waals surface area contributed by atoms with Crippen LogP contribution in [-0.4, -0.2) is 146 Å². The number of ether oxygens (including phenoxy) is 6. The minimum Gasteiger partial charge on any atom is -0.455 e. The number of azide groups is 1. The lowest BCUT2D eigenvalue weighted by Crippen LogP contribution is -2.34. The van der Waals surface area contributed by atoms with Gasteiger partial charge in [0.15, 0.2) is 11.6 Å². The molecule has 444 valence electrons. The fraction of sp³-hybridized carbons (Fsp3) is 0.483. The predicted octanol–water partition coefficient (Wildman–Crippen LogP) is 10.3. The van der Waals surface area contributed by atoms with E-state index in [1.165, 1.54) is 32.9 Å². The smallest absolute Gasteiger partial charge is 0.232 e. The quantitative estimate of drug-likeness (QED) is 0.0127. The first kappa shape index (κ1) is 63.3. The van der Waals surface area contributed by atoms with Gasteiger partial charge in [0.25, 0.3) is 0 Å². The van der Waals surface area contributed by atoms with Crippen LogP contribution in [-0.2, 0) is 48.5 Å². The lowest BCUT2D eigenvalue weighted by molar-refractivity contribution is 0.0176. The van der Waals surface area contributed by atoms with Crippen LogP contribution in [0.3, 0.4) is 0 Å². The minimum absolute atomic E-state index is 0.0822. The largest absolute Gasteiger partial charge is 0.455 e. The van der Waals surface area contributed by atoms with Crippen LogP contribution in [0.5, 0.6) is 0 Å². The Balaban J connectivity index is 0.000000236. The Morgan fingerprint density at radius 2 is 0.939 bits per heavy atom. The zero-order valence-corrected chi connectivity index (χ0v) is 48.4. The van der Waals surface area contributed by atoms with Gasteiger partial charge in [0.1, 0.15) is 34.3 Å². The number of hydrogen-bond donors (Lipinski definition) is 1. The van der Waals surface area contributed by atoms with Crippen molar-refractivity contribution in [2.45, 2.75) is 64.2 Å². The lowest BCUT2D eigenvalue weighted by Gasteiger charge is -2.25. The van der Waals surface area contributed by atoms with Crippen molar-refractivity contribution >= 4 is 64.9 Å². The van der Waals surface area contributed by atoms with E-state index in [-0.39, 0.29) is 75.7 Å². The van der Waals surface area contributed by atoms with Gasteiger partial charge in [0.05, 0.1) is 127 Å². The van der Waals surface area contributed by atoms with Gasteiger partial charge in [-0.15, -0.1) is 0 Å². The van der Waals surface area contributed by atoms with Crippen molar-refractivity contribution in [2.24, 2.45) is 10.8 Å². The van der Waals surface area contributed by atoms with Gasteiger partial charge in [0.2, 0.25) is 20.0 Å². The van der Waals surface area contributed by atoms with Crippen molar-refractivity contribution in [3.8, 4) is 22.6 Å². The molecule has 0 spiro atoms. The van der Waals surface area contributed by atoms with Crippen LogP contribution >= 0.6 is 0 Å². The zero-order valence-electron chi connectivity index (χ0n) is 46.7. The third-order valence-corrected chi connectivity index (χ3v) is 15.8. The summed E-state index contributed by atoms with van der Waals surface area (Å²) in [5.41, 5.74) is 19.1. The molecule has 20 nitrogen and oxygen atoms in total. The molecule has 6 aromatic rings. The molecule has 2 fully saturated rings. The third kappa shape index (κ3) is 17.4. The highest BCUT2D eigenvalue weighted by molar-refractivity contribution is 7.92. The molecule has 82 heavy (non-hydrogen) atoms. The van der Waals surface area contributed by atoms with E-state index >= 15 is 0 Å². The summed E-state index contributed by atoms with van der Waals surface area (Å²) < 4.78 is 127. The second-order valence-corrected chi connectivity index (χ2v) is 23.4. The summed E-state index contributed by atoms with van der Waals surface area (Å²) in [5.74, 6) is 0.0398. The molecule has 0 bridgehead atoms. The molecule has 2 saturated carbocycles. The maximum Gasteiger partial charge on any atom is 0.232 e. The summed E-state index contributed by atoms with van der Waals surface area (Å²) >= 11 is 0. The monoisotopic (exact) mass is 1180 g/mol. The lowest BCUT2D eigenvalue weighted by atomic mass is 9.97. The first-order valence-electron chi connectivity index (χ1n) is 27.4. The maximum atomic E-state index is 13.6. The van der Waals surface area contributed by atoms with Crippen LogP contribution in [0.4, 0.5) is 20.2 Å². The van der Waals surface area contributed by atoms with Crippen molar-refractivity contribution in [3.05, 3.63) is 117 Å². The Morgan fingerprint density at radius 1 is 0.585 bits per heavy atom. The van der Waals surface area contributed by atoms with Crippen LogP contribution in [0, 0.1) is 11.6 Å². The molecule has 0 radical (unpaired) electrons. The van der Waals surface area contributed by atoms with Gasteiger partial charge in [-0.25, -0.2) is 25.6 Å². The van der Waals surface area contributed by atoms with Crippen LogP contribution in [0.1, 0.15) is 96.1 Å². The molecule has 8 rings (SSSR count). The van der Waals surface area contributed by atoms with E-state index in [0.717, 1.165) is 49.3 Å². The van der Waals surface area contributed by atoms with E-state index < -0.39 is 31.7 Å². The number of fused-ring (bicyclic) bond motifs is 2. The van der Waals surface area contributed by atoms with E-state index in [0.29, 0.717) is 133 Å². The normalized spacial score (nSPS) is 13.5. The number of benzene rings is 4. The van der Waals surface area contributed by atoms with E-state index in [1.807, 2.05) is 12.1 Å². The van der Waals surface area contributed by atoms with Gasteiger partial charge in [-0.2, -0.15) is 0 Å². The Morgan fingerprint density at radius 3 is 1.27 bits per heavy atom. The SMILES string of the molecule is CCC(=O)c1c(-c2ccc(F)cc2)oc2cc(N(CCOCCOCCOCCN)S(C)(=O)=O)c(C3CC3)cc12.CCC(=O)c1c(-c2ccc(F)cc2)oc2cc(N(CCOCCOCCOCCN=[N+]=[N-])S(C)(=O)=O)c(C3CC3)cc12. The minimum atomic E-state index is -3.69. The Bertz CT molecular complexity index is 3380. The topological polar surface area (TPSA) is 265 Å². The van der Waals surface area contributed by atoms with Gasteiger partial charge >= 0.3 is 0 Å². The summed E-state index contributed by atoms with van der Waals surface area (Å²) in [6.07, 6.45) is 6.52. The van der Waals surface area contributed by atoms with Crippen molar-refractivity contribution in [1.29, 1.82) is 0 Å². The van der Waals surface area contributed by atoms with Gasteiger partial charge in [-0.1, -0.05) is 19.0 Å². The second kappa shape index (κ2) is 30.3. The molecular formula is C58H72F2N6O14S2. The average molecular weight is 1180 g/mol. The summed E-state index contributed by atoms with van der Waals surface area (Å²) in [6, 6.07) is 18.7. The van der Waals surface area contributed by atoms with Crippen molar-refractivity contribution in [3.63, 3.8) is 0 Å². The van der Waals surface area contributed by atoms with Crippen molar-refractivity contribution in [1.82, 2.24) is 0 Å². The highest BCUT2D eigenvalue weighted by atomic mass is 32.2. The summed E-state index contributed by atoms with van der Waals surface area (Å²) in [4.78, 5) is 28.8. The second-order valence-electron chi connectivity index (χ2n) is 19.6. The number of carbonyl (C=O) groups is 2. The average Bonchev–Trinajstić information content (AvgIpc) is 4.60. The van der Waals surface area contributed by atoms with Crippen molar-refractivity contribution < 1.29 is 72.5 Å². The van der Waals surface area contributed by atoms with Gasteiger partial charge in [-0.3, -0.25) is 18.2 Å². The molecule has 0 unspecified atom stereocenters. The van der Waals surface area contributed by atoms with Crippen molar-refractivity contribution in [2.75, 3.05) is 127 Å². The number of nitrogens with two attached hydrogens (primary N) is 1. The molecule has 2 aliphatic rings. The number of rotatable bonds is 35. The summed E-state index contributed by atoms with van der Waals surface area (Å²) in [6.45, 7) is 8.40. The first-order chi connectivity index (χ1) is 39.5. The number of halogens is 2. The van der Waals surface area contributed by atoms with E-state index in [4.69, 9.17) is 48.5 Å². The molecule has 0 atom stereocenters. The number of ketones is 2. The molecule has 2 aliphatic carbocycles. The fourth-order valence-corrected chi connectivity index (χ4v) is 11.1. The highest BCUT2D eigenvalue weighted by Gasteiger charge is 2.35. The molecule has 24 heteroatoms. The fourth-order valence-electron chi connectivity index (χ4n) is 9.23. The maximum absolute atomic E-state index is 13.6. The van der Waals surface area contributed by atoms with Gasteiger partial charge in [0, 0.05) is 64.9 Å². The van der Waals surface area contributed by atoms with Gasteiger partial charge < -0.3 is 43.0 Å². The number of hydrogen-bond acceptors (Lipinski definition) is 16. The Kier molecular flexibility index (Phi) is 23.4. The number of anilines is 2. The summed E-state index contributed by atoms with van der Waals surface area (Å²) in [5, 5.41) is 4.63.